The molecule has 0 unspecified atom stereocenters. The summed E-state index contributed by atoms with van der Waals surface area (Å²) in [5.74, 6) is 0.893. The molecular formula is C21H20N4. The largest absolute Gasteiger partial charge is 0.366 e. The Hall–Kier alpha value is -3.14. The van der Waals surface area contributed by atoms with Gasteiger partial charge in [-0.15, -0.1) is 0 Å². The second-order valence-electron chi connectivity index (χ2n) is 6.28. The minimum Gasteiger partial charge on any atom is -0.366 e. The SMILES string of the molecule is Cc1ccc(CNc2ccc(Cc3c[nH]c4ncccc34)cn2)cc1. The Bertz CT molecular complexity index is 969. The van der Waals surface area contributed by atoms with Gasteiger partial charge in [-0.1, -0.05) is 35.9 Å². The average Bonchev–Trinajstić information content (AvgIpc) is 3.06. The number of H-pyrrole nitrogens is 1. The molecule has 0 saturated carbocycles. The highest BCUT2D eigenvalue weighted by Gasteiger charge is 2.05. The highest BCUT2D eigenvalue weighted by atomic mass is 15.0. The summed E-state index contributed by atoms with van der Waals surface area (Å²) in [7, 11) is 0. The number of rotatable bonds is 5. The van der Waals surface area contributed by atoms with Gasteiger partial charge in [0.1, 0.15) is 11.5 Å². The summed E-state index contributed by atoms with van der Waals surface area (Å²) in [4.78, 5) is 12.1. The second kappa shape index (κ2) is 6.77. The van der Waals surface area contributed by atoms with Crippen LogP contribution in [0.4, 0.5) is 5.82 Å². The van der Waals surface area contributed by atoms with E-state index in [0.29, 0.717) is 0 Å². The van der Waals surface area contributed by atoms with Crippen LogP contribution in [0, 0.1) is 6.92 Å². The molecule has 2 N–H and O–H groups in total. The summed E-state index contributed by atoms with van der Waals surface area (Å²) < 4.78 is 0. The molecule has 0 spiro atoms. The van der Waals surface area contributed by atoms with Gasteiger partial charge in [-0.3, -0.25) is 0 Å². The Labute approximate surface area is 147 Å². The molecule has 4 rings (SSSR count). The van der Waals surface area contributed by atoms with E-state index in [0.717, 1.165) is 24.4 Å². The van der Waals surface area contributed by atoms with E-state index in [-0.39, 0.29) is 0 Å². The van der Waals surface area contributed by atoms with Gasteiger partial charge in [0.05, 0.1) is 0 Å². The summed E-state index contributed by atoms with van der Waals surface area (Å²) in [5.41, 5.74) is 5.89. The van der Waals surface area contributed by atoms with E-state index >= 15 is 0 Å². The molecule has 3 aromatic heterocycles. The highest BCUT2D eigenvalue weighted by molar-refractivity contribution is 5.79. The number of aryl methyl sites for hydroxylation is 1. The molecular weight excluding hydrogens is 308 g/mol. The van der Waals surface area contributed by atoms with Crippen LogP contribution in [0.25, 0.3) is 11.0 Å². The zero-order valence-electron chi connectivity index (χ0n) is 14.2. The normalized spacial score (nSPS) is 10.9. The van der Waals surface area contributed by atoms with E-state index in [4.69, 9.17) is 0 Å². The number of benzene rings is 1. The summed E-state index contributed by atoms with van der Waals surface area (Å²) in [6, 6.07) is 16.8. The molecule has 3 heterocycles. The number of nitrogens with one attached hydrogen (secondary N) is 2. The second-order valence-corrected chi connectivity index (χ2v) is 6.28. The van der Waals surface area contributed by atoms with Crippen LogP contribution < -0.4 is 5.32 Å². The van der Waals surface area contributed by atoms with Gasteiger partial charge in [-0.25, -0.2) is 9.97 Å². The fraction of sp³-hybridized carbons (Fsp3) is 0.143. The van der Waals surface area contributed by atoms with Crippen molar-refractivity contribution in [1.29, 1.82) is 0 Å². The van der Waals surface area contributed by atoms with Gasteiger partial charge in [0.25, 0.3) is 0 Å². The molecule has 0 fully saturated rings. The van der Waals surface area contributed by atoms with E-state index in [1.54, 1.807) is 6.20 Å². The Morgan fingerprint density at radius 3 is 2.60 bits per heavy atom. The van der Waals surface area contributed by atoms with Crippen LogP contribution in [0.1, 0.15) is 22.3 Å². The Morgan fingerprint density at radius 1 is 0.960 bits per heavy atom. The molecule has 0 atom stereocenters. The molecule has 0 saturated heterocycles. The highest BCUT2D eigenvalue weighted by Crippen LogP contribution is 2.19. The summed E-state index contributed by atoms with van der Waals surface area (Å²) in [6.07, 6.45) is 6.61. The maximum Gasteiger partial charge on any atom is 0.137 e. The predicted octanol–water partition coefficient (Wildman–Crippen LogP) is 4.47. The van der Waals surface area contributed by atoms with Crippen molar-refractivity contribution in [3.05, 3.63) is 89.4 Å². The standard InChI is InChI=1S/C21H20N4/c1-15-4-6-16(7-5-15)12-23-20-9-8-17(13-24-20)11-18-14-25-21-19(18)3-2-10-22-21/h2-10,13-14H,11-12H2,1H3,(H,22,25)(H,23,24). The number of pyridine rings is 2. The van der Waals surface area contributed by atoms with Crippen molar-refractivity contribution in [2.75, 3.05) is 5.32 Å². The molecule has 4 aromatic rings. The lowest BCUT2D eigenvalue weighted by Gasteiger charge is -2.07. The zero-order chi connectivity index (χ0) is 17.1. The van der Waals surface area contributed by atoms with Gasteiger partial charge >= 0.3 is 0 Å². The monoisotopic (exact) mass is 328 g/mol. The zero-order valence-corrected chi connectivity index (χ0v) is 14.2. The molecule has 25 heavy (non-hydrogen) atoms. The van der Waals surface area contributed by atoms with E-state index < -0.39 is 0 Å². The van der Waals surface area contributed by atoms with Crippen LogP contribution in [-0.4, -0.2) is 15.0 Å². The lowest BCUT2D eigenvalue weighted by Crippen LogP contribution is -2.01. The third-order valence-corrected chi connectivity index (χ3v) is 4.35. The van der Waals surface area contributed by atoms with Gasteiger partial charge in [0.2, 0.25) is 0 Å². The van der Waals surface area contributed by atoms with Crippen molar-refractivity contribution in [2.45, 2.75) is 19.9 Å². The number of nitrogens with zero attached hydrogens (tertiary/aromatic N) is 2. The molecule has 0 aliphatic carbocycles. The summed E-state index contributed by atoms with van der Waals surface area (Å²) in [5, 5.41) is 4.54. The van der Waals surface area contributed by atoms with Crippen molar-refractivity contribution in [2.24, 2.45) is 0 Å². The predicted molar refractivity (Wildman–Crippen MR) is 102 cm³/mol. The maximum atomic E-state index is 4.53. The van der Waals surface area contributed by atoms with Crippen LogP contribution in [0.5, 0.6) is 0 Å². The van der Waals surface area contributed by atoms with Crippen molar-refractivity contribution in [3.63, 3.8) is 0 Å². The first-order chi connectivity index (χ1) is 12.3. The Balaban J connectivity index is 1.42. The van der Waals surface area contributed by atoms with Crippen molar-refractivity contribution < 1.29 is 0 Å². The Kier molecular flexibility index (Phi) is 4.17. The number of hydrogen-bond donors (Lipinski definition) is 2. The maximum absolute atomic E-state index is 4.53. The van der Waals surface area contributed by atoms with Crippen molar-refractivity contribution >= 4 is 16.9 Å². The summed E-state index contributed by atoms with van der Waals surface area (Å²) in [6.45, 7) is 2.88. The number of fused-ring (bicyclic) bond motifs is 1. The molecule has 4 heteroatoms. The van der Waals surface area contributed by atoms with Crippen LogP contribution >= 0.6 is 0 Å². The molecule has 0 amide bonds. The third kappa shape index (κ3) is 3.53. The molecule has 124 valence electrons. The van der Waals surface area contributed by atoms with E-state index in [2.05, 4.69) is 63.6 Å². The molecule has 1 aromatic carbocycles. The van der Waals surface area contributed by atoms with Gasteiger partial charge in [0.15, 0.2) is 0 Å². The van der Waals surface area contributed by atoms with E-state index in [1.165, 1.54) is 27.6 Å². The van der Waals surface area contributed by atoms with Gasteiger partial charge in [-0.05, 0) is 41.8 Å². The minimum atomic E-state index is 0.779. The van der Waals surface area contributed by atoms with Crippen LogP contribution in [0.3, 0.4) is 0 Å². The third-order valence-electron chi connectivity index (χ3n) is 4.35. The number of aromatic amines is 1. The molecule has 4 nitrogen and oxygen atoms in total. The smallest absolute Gasteiger partial charge is 0.137 e. The van der Waals surface area contributed by atoms with E-state index in [9.17, 15) is 0 Å². The summed E-state index contributed by atoms with van der Waals surface area (Å²) >= 11 is 0. The topological polar surface area (TPSA) is 53.6 Å². The number of anilines is 1. The first-order valence-electron chi connectivity index (χ1n) is 8.43. The Morgan fingerprint density at radius 2 is 1.80 bits per heavy atom. The first kappa shape index (κ1) is 15.4. The lowest BCUT2D eigenvalue weighted by molar-refractivity contribution is 1.09. The number of aromatic nitrogens is 3. The molecule has 0 bridgehead atoms. The van der Waals surface area contributed by atoms with Crippen LogP contribution in [0.2, 0.25) is 0 Å². The fourth-order valence-corrected chi connectivity index (χ4v) is 2.91. The minimum absolute atomic E-state index is 0.779. The first-order valence-corrected chi connectivity index (χ1v) is 8.43. The number of hydrogen-bond acceptors (Lipinski definition) is 3. The lowest BCUT2D eigenvalue weighted by atomic mass is 10.1. The van der Waals surface area contributed by atoms with Gasteiger partial charge < -0.3 is 10.3 Å². The molecule has 0 aliphatic rings. The van der Waals surface area contributed by atoms with Crippen LogP contribution in [-0.2, 0) is 13.0 Å². The van der Waals surface area contributed by atoms with Gasteiger partial charge in [0, 0.05) is 36.9 Å². The quantitative estimate of drug-likeness (QED) is 0.568. The van der Waals surface area contributed by atoms with Gasteiger partial charge in [-0.2, -0.15) is 0 Å². The fourth-order valence-electron chi connectivity index (χ4n) is 2.91. The van der Waals surface area contributed by atoms with E-state index in [1.807, 2.05) is 24.5 Å². The van der Waals surface area contributed by atoms with Crippen molar-refractivity contribution in [1.82, 2.24) is 15.0 Å². The van der Waals surface area contributed by atoms with Crippen molar-refractivity contribution in [3.8, 4) is 0 Å². The molecule has 0 aliphatic heterocycles. The average molecular weight is 328 g/mol. The molecule has 0 radical (unpaired) electrons. The van der Waals surface area contributed by atoms with Crippen LogP contribution in [0.15, 0.2) is 67.1 Å².